The molecule has 0 bridgehead atoms. The summed E-state index contributed by atoms with van der Waals surface area (Å²) in [5, 5.41) is 1.60. The van der Waals surface area contributed by atoms with Gasteiger partial charge in [-0.1, -0.05) is 75.4 Å². The van der Waals surface area contributed by atoms with E-state index in [-0.39, 0.29) is 29.7 Å². The van der Waals surface area contributed by atoms with Crippen LogP contribution in [0.1, 0.15) is 69.4 Å². The average Bonchev–Trinajstić information content (AvgIpc) is 2.91. The van der Waals surface area contributed by atoms with Crippen molar-refractivity contribution in [3.8, 4) is 0 Å². The quantitative estimate of drug-likeness (QED) is 0.272. The van der Waals surface area contributed by atoms with E-state index in [1.807, 2.05) is 67.6 Å². The Bertz CT molecular complexity index is 1500. The molecule has 0 unspecified atom stereocenters. The van der Waals surface area contributed by atoms with E-state index in [2.05, 4.69) is 32.9 Å². The summed E-state index contributed by atoms with van der Waals surface area (Å²) < 4.78 is 0. The molecule has 1 aliphatic heterocycles. The fourth-order valence-corrected chi connectivity index (χ4v) is 5.12. The van der Waals surface area contributed by atoms with E-state index in [1.165, 1.54) is 10.5 Å². The van der Waals surface area contributed by atoms with E-state index in [9.17, 15) is 14.4 Å². The van der Waals surface area contributed by atoms with Crippen LogP contribution in [0.2, 0.25) is 0 Å². The number of nitrogens with zero attached hydrogens (tertiary/aromatic N) is 2. The molecule has 0 N–H and O–H groups in total. The minimum atomic E-state index is -0.286. The lowest BCUT2D eigenvalue weighted by Crippen LogP contribution is -2.42. The number of anilines is 1. The molecule has 0 radical (unpaired) electrons. The third kappa shape index (κ3) is 4.60. The minimum absolute atomic E-state index is 0.00246. The molecule has 0 saturated carbocycles. The fourth-order valence-electron chi connectivity index (χ4n) is 5.12. The van der Waals surface area contributed by atoms with Crippen LogP contribution in [-0.2, 0) is 5.41 Å². The standard InChI is InChI=1S/C33H32N2O3/c1-22-10-5-6-13-26(22)30(36)34(25-18-16-24(17-19-25)33(2,3)4)20-9-21-35-31(37)27-14-7-11-23-12-8-15-28(29(23)27)32(35)38/h5-8,10-19H,9,20-21H2,1-4H3. The van der Waals surface area contributed by atoms with Gasteiger partial charge in [0, 0.05) is 40.9 Å². The van der Waals surface area contributed by atoms with Crippen LogP contribution in [-0.4, -0.2) is 35.7 Å². The SMILES string of the molecule is Cc1ccccc1C(=O)N(CCCN1C(=O)c2cccc3cccc(c23)C1=O)c1ccc(C(C)(C)C)cc1. The predicted octanol–water partition coefficient (Wildman–Crippen LogP) is 6.78. The first kappa shape index (κ1) is 25.4. The van der Waals surface area contributed by atoms with Gasteiger partial charge in [0.05, 0.1) is 0 Å². The number of hydrogen-bond acceptors (Lipinski definition) is 3. The fraction of sp³-hybridized carbons (Fsp3) is 0.242. The maximum atomic E-state index is 13.7. The molecule has 0 spiro atoms. The summed E-state index contributed by atoms with van der Waals surface area (Å²) in [6.07, 6.45) is 0.453. The molecule has 4 aromatic rings. The molecule has 5 nitrogen and oxygen atoms in total. The maximum absolute atomic E-state index is 13.7. The number of rotatable bonds is 6. The molecule has 0 fully saturated rings. The monoisotopic (exact) mass is 504 g/mol. The van der Waals surface area contributed by atoms with Crippen LogP contribution >= 0.6 is 0 Å². The van der Waals surface area contributed by atoms with E-state index >= 15 is 0 Å². The Balaban J connectivity index is 1.40. The second-order valence-electron chi connectivity index (χ2n) is 10.9. The lowest BCUT2D eigenvalue weighted by atomic mass is 9.87. The van der Waals surface area contributed by atoms with E-state index in [0.717, 1.165) is 22.0 Å². The Morgan fingerprint density at radius 3 is 1.97 bits per heavy atom. The van der Waals surface area contributed by atoms with E-state index in [1.54, 1.807) is 17.0 Å². The van der Waals surface area contributed by atoms with Crippen LogP contribution in [0.4, 0.5) is 5.69 Å². The van der Waals surface area contributed by atoms with Crippen molar-refractivity contribution in [2.24, 2.45) is 0 Å². The predicted molar refractivity (Wildman–Crippen MR) is 152 cm³/mol. The summed E-state index contributed by atoms with van der Waals surface area (Å²) in [7, 11) is 0. The van der Waals surface area contributed by atoms with E-state index in [4.69, 9.17) is 0 Å². The molecule has 0 aliphatic carbocycles. The summed E-state index contributed by atoms with van der Waals surface area (Å²) in [6.45, 7) is 8.98. The molecule has 3 amide bonds. The van der Waals surface area contributed by atoms with Gasteiger partial charge in [-0.2, -0.15) is 0 Å². The van der Waals surface area contributed by atoms with Crippen molar-refractivity contribution >= 4 is 34.2 Å². The van der Waals surface area contributed by atoms with Gasteiger partial charge >= 0.3 is 0 Å². The number of carbonyl (C=O) groups is 3. The van der Waals surface area contributed by atoms with Crippen LogP contribution in [0.5, 0.6) is 0 Å². The Morgan fingerprint density at radius 1 is 0.789 bits per heavy atom. The summed E-state index contributed by atoms with van der Waals surface area (Å²) in [4.78, 5) is 43.4. The highest BCUT2D eigenvalue weighted by molar-refractivity contribution is 6.25. The topological polar surface area (TPSA) is 57.7 Å². The molecule has 38 heavy (non-hydrogen) atoms. The molecule has 1 heterocycles. The number of hydrogen-bond donors (Lipinski definition) is 0. The molecule has 4 aromatic carbocycles. The van der Waals surface area contributed by atoms with Crippen LogP contribution in [0.25, 0.3) is 10.8 Å². The molecular weight excluding hydrogens is 472 g/mol. The lowest BCUT2D eigenvalue weighted by Gasteiger charge is -2.29. The largest absolute Gasteiger partial charge is 0.308 e. The molecule has 0 aromatic heterocycles. The van der Waals surface area contributed by atoms with Gasteiger partial charge in [0.1, 0.15) is 0 Å². The van der Waals surface area contributed by atoms with Gasteiger partial charge in [0.2, 0.25) is 0 Å². The second kappa shape index (κ2) is 9.90. The third-order valence-electron chi connectivity index (χ3n) is 7.28. The second-order valence-corrected chi connectivity index (χ2v) is 10.9. The zero-order valence-electron chi connectivity index (χ0n) is 22.3. The van der Waals surface area contributed by atoms with Gasteiger partial charge < -0.3 is 4.90 Å². The number of benzene rings is 4. The Morgan fingerprint density at radius 2 is 1.39 bits per heavy atom. The summed E-state index contributed by atoms with van der Waals surface area (Å²) in [5.74, 6) is -0.672. The highest BCUT2D eigenvalue weighted by Crippen LogP contribution is 2.30. The molecule has 0 saturated heterocycles. The summed E-state index contributed by atoms with van der Waals surface area (Å²) >= 11 is 0. The first-order chi connectivity index (χ1) is 18.2. The third-order valence-corrected chi connectivity index (χ3v) is 7.28. The van der Waals surface area contributed by atoms with Crippen molar-refractivity contribution in [1.29, 1.82) is 0 Å². The number of aryl methyl sites for hydroxylation is 1. The van der Waals surface area contributed by atoms with Crippen molar-refractivity contribution in [3.05, 3.63) is 113 Å². The Hall–Kier alpha value is -4.25. The van der Waals surface area contributed by atoms with Crippen molar-refractivity contribution in [1.82, 2.24) is 4.90 Å². The minimum Gasteiger partial charge on any atom is -0.308 e. The van der Waals surface area contributed by atoms with E-state index < -0.39 is 0 Å². The maximum Gasteiger partial charge on any atom is 0.261 e. The first-order valence-corrected chi connectivity index (χ1v) is 13.0. The van der Waals surface area contributed by atoms with Crippen molar-refractivity contribution in [2.45, 2.75) is 39.5 Å². The molecule has 1 aliphatic rings. The zero-order chi connectivity index (χ0) is 27.0. The zero-order valence-corrected chi connectivity index (χ0v) is 22.3. The molecule has 0 atom stereocenters. The van der Waals surface area contributed by atoms with Crippen molar-refractivity contribution < 1.29 is 14.4 Å². The van der Waals surface area contributed by atoms with E-state index in [0.29, 0.717) is 29.7 Å². The highest BCUT2D eigenvalue weighted by atomic mass is 16.2. The molecule has 192 valence electrons. The highest BCUT2D eigenvalue weighted by Gasteiger charge is 2.32. The lowest BCUT2D eigenvalue weighted by molar-refractivity contribution is 0.0610. The van der Waals surface area contributed by atoms with Gasteiger partial charge in [0.25, 0.3) is 17.7 Å². The molecular formula is C33H32N2O3. The molecule has 5 heteroatoms. The normalized spacial score (nSPS) is 13.2. The van der Waals surface area contributed by atoms with Gasteiger partial charge in [-0.3, -0.25) is 19.3 Å². The van der Waals surface area contributed by atoms with Gasteiger partial charge in [-0.15, -0.1) is 0 Å². The summed E-state index contributed by atoms with van der Waals surface area (Å²) in [6, 6.07) is 26.7. The van der Waals surface area contributed by atoms with Gasteiger partial charge in [-0.05, 0) is 65.6 Å². The van der Waals surface area contributed by atoms with Gasteiger partial charge in [0.15, 0.2) is 0 Å². The van der Waals surface area contributed by atoms with Crippen molar-refractivity contribution in [2.75, 3.05) is 18.0 Å². The Kier molecular flexibility index (Phi) is 6.62. The number of carbonyl (C=O) groups excluding carboxylic acids is 3. The van der Waals surface area contributed by atoms with Crippen LogP contribution in [0.3, 0.4) is 0 Å². The summed E-state index contributed by atoms with van der Waals surface area (Å²) in [5.41, 5.74) is 4.60. The van der Waals surface area contributed by atoms with Crippen LogP contribution in [0, 0.1) is 6.92 Å². The van der Waals surface area contributed by atoms with Gasteiger partial charge in [-0.25, -0.2) is 0 Å². The molecule has 5 rings (SSSR count). The van der Waals surface area contributed by atoms with Crippen molar-refractivity contribution in [3.63, 3.8) is 0 Å². The average molecular weight is 505 g/mol. The van der Waals surface area contributed by atoms with Crippen LogP contribution in [0.15, 0.2) is 84.9 Å². The number of imide groups is 1. The number of amides is 3. The Labute approximate surface area is 223 Å². The first-order valence-electron chi connectivity index (χ1n) is 13.0. The smallest absolute Gasteiger partial charge is 0.261 e. The van der Waals surface area contributed by atoms with Crippen LogP contribution < -0.4 is 4.90 Å².